The van der Waals surface area contributed by atoms with Gasteiger partial charge in [-0.05, 0) is 89.4 Å². The van der Waals surface area contributed by atoms with Crippen LogP contribution in [0.15, 0.2) is 66.7 Å². The first-order valence-electron chi connectivity index (χ1n) is 11.7. The van der Waals surface area contributed by atoms with E-state index in [1.807, 2.05) is 6.07 Å². The van der Waals surface area contributed by atoms with Gasteiger partial charge in [0.15, 0.2) is 5.69 Å². The molecule has 0 radical (unpaired) electrons. The molecule has 1 aromatic heterocycles. The number of rotatable bonds is 2. The van der Waals surface area contributed by atoms with E-state index in [1.165, 1.54) is 52.6 Å². The number of fused-ring (bicyclic) bond motifs is 6. The molecular formula is C29H28N+. The van der Waals surface area contributed by atoms with Crippen molar-refractivity contribution in [3.63, 3.8) is 0 Å². The fraction of sp³-hybridized carbons (Fsp3) is 0.276. The van der Waals surface area contributed by atoms with Crippen LogP contribution >= 0.6 is 0 Å². The van der Waals surface area contributed by atoms with Crippen LogP contribution < -0.4 is 4.57 Å². The highest BCUT2D eigenvalue weighted by Gasteiger charge is 2.37. The first kappa shape index (κ1) is 16.8. The quantitative estimate of drug-likeness (QED) is 0.325. The summed E-state index contributed by atoms with van der Waals surface area (Å²) < 4.78 is 11.1. The monoisotopic (exact) mass is 391 g/mol. The SMILES string of the molecule is [2H]c1c(C)[n+](C)c(-c2cc3c(cc2C)C2CCC3C2)c2ccc(-c3ccccc3)cc12. The molecule has 1 heterocycles. The van der Waals surface area contributed by atoms with Gasteiger partial charge in [0.25, 0.3) is 0 Å². The Kier molecular flexibility index (Phi) is 3.67. The summed E-state index contributed by atoms with van der Waals surface area (Å²) in [6.07, 6.45) is 4.05. The highest BCUT2D eigenvalue weighted by Crippen LogP contribution is 2.54. The second-order valence-corrected chi connectivity index (χ2v) is 9.25. The van der Waals surface area contributed by atoms with E-state index in [1.54, 1.807) is 11.1 Å². The Morgan fingerprint density at radius 3 is 2.37 bits per heavy atom. The van der Waals surface area contributed by atoms with Crippen molar-refractivity contribution in [1.82, 2.24) is 0 Å². The second kappa shape index (κ2) is 6.54. The minimum atomic E-state index is 0.622. The first-order chi connectivity index (χ1) is 15.0. The zero-order valence-corrected chi connectivity index (χ0v) is 18.0. The Morgan fingerprint density at radius 2 is 1.60 bits per heavy atom. The summed E-state index contributed by atoms with van der Waals surface area (Å²) in [5.74, 6) is 1.53. The van der Waals surface area contributed by atoms with Crippen molar-refractivity contribution in [1.29, 1.82) is 0 Å². The fourth-order valence-corrected chi connectivity index (χ4v) is 5.87. The summed E-state index contributed by atoms with van der Waals surface area (Å²) in [4.78, 5) is 0. The normalized spacial score (nSPS) is 19.9. The van der Waals surface area contributed by atoms with E-state index in [2.05, 4.69) is 80.1 Å². The lowest BCUT2D eigenvalue weighted by molar-refractivity contribution is -0.665. The molecule has 0 N–H and O–H groups in total. The van der Waals surface area contributed by atoms with Gasteiger partial charge in [0, 0.05) is 13.0 Å². The average Bonchev–Trinajstić information content (AvgIpc) is 3.41. The van der Waals surface area contributed by atoms with Crippen LogP contribution in [0, 0.1) is 13.8 Å². The van der Waals surface area contributed by atoms with Crippen molar-refractivity contribution in [3.8, 4) is 22.4 Å². The number of hydrogen-bond donors (Lipinski definition) is 0. The van der Waals surface area contributed by atoms with E-state index in [-0.39, 0.29) is 0 Å². The summed E-state index contributed by atoms with van der Waals surface area (Å²) in [6.45, 7) is 4.33. The average molecular weight is 392 g/mol. The van der Waals surface area contributed by atoms with Gasteiger partial charge >= 0.3 is 0 Å². The molecule has 1 nitrogen and oxygen atoms in total. The Bertz CT molecular complexity index is 1350. The molecule has 1 saturated carbocycles. The molecule has 0 saturated heterocycles. The predicted octanol–water partition coefficient (Wildman–Crippen LogP) is 6.98. The van der Waals surface area contributed by atoms with Gasteiger partial charge < -0.3 is 0 Å². The van der Waals surface area contributed by atoms with E-state index in [4.69, 9.17) is 1.37 Å². The van der Waals surface area contributed by atoms with Crippen LogP contribution in [0.3, 0.4) is 0 Å². The van der Waals surface area contributed by atoms with Gasteiger partial charge in [0.05, 0.1) is 12.3 Å². The summed E-state index contributed by atoms with van der Waals surface area (Å²) in [6, 6.07) is 22.7. The number of aromatic nitrogens is 1. The largest absolute Gasteiger partial charge is 0.220 e. The van der Waals surface area contributed by atoms with Crippen LogP contribution in [-0.4, -0.2) is 0 Å². The van der Waals surface area contributed by atoms with Crippen LogP contribution in [0.4, 0.5) is 0 Å². The molecule has 30 heavy (non-hydrogen) atoms. The highest BCUT2D eigenvalue weighted by molar-refractivity contribution is 5.96. The van der Waals surface area contributed by atoms with Gasteiger partial charge in [0.1, 0.15) is 7.05 Å². The Hall–Kier alpha value is -2.93. The molecule has 6 rings (SSSR count). The van der Waals surface area contributed by atoms with Gasteiger partial charge in [-0.3, -0.25) is 0 Å². The molecular weight excluding hydrogens is 362 g/mol. The lowest BCUT2D eigenvalue weighted by Crippen LogP contribution is -2.35. The predicted molar refractivity (Wildman–Crippen MR) is 125 cm³/mol. The maximum absolute atomic E-state index is 8.87. The molecule has 2 unspecified atom stereocenters. The van der Waals surface area contributed by atoms with Crippen LogP contribution in [-0.2, 0) is 7.05 Å². The van der Waals surface area contributed by atoms with Gasteiger partial charge in [0.2, 0.25) is 5.69 Å². The van der Waals surface area contributed by atoms with Crippen molar-refractivity contribution in [2.75, 3.05) is 0 Å². The fourth-order valence-electron chi connectivity index (χ4n) is 5.87. The molecule has 2 aliphatic rings. The maximum atomic E-state index is 8.87. The third-order valence-corrected chi connectivity index (χ3v) is 7.53. The van der Waals surface area contributed by atoms with Gasteiger partial charge in [-0.15, -0.1) is 0 Å². The number of benzene rings is 3. The second-order valence-electron chi connectivity index (χ2n) is 9.25. The highest BCUT2D eigenvalue weighted by atomic mass is 14.9. The number of hydrogen-bond acceptors (Lipinski definition) is 0. The molecule has 148 valence electrons. The summed E-state index contributed by atoms with van der Waals surface area (Å²) in [5, 5.41) is 2.21. The van der Waals surface area contributed by atoms with E-state index in [0.717, 1.165) is 22.9 Å². The van der Waals surface area contributed by atoms with Crippen molar-refractivity contribution in [3.05, 3.63) is 89.1 Å². The lowest BCUT2D eigenvalue weighted by Gasteiger charge is -2.18. The Balaban J connectivity index is 1.62. The molecule has 2 bridgehead atoms. The summed E-state index contributed by atoms with van der Waals surface area (Å²) >= 11 is 0. The molecule has 0 amide bonds. The maximum Gasteiger partial charge on any atom is 0.220 e. The van der Waals surface area contributed by atoms with E-state index in [0.29, 0.717) is 6.04 Å². The summed E-state index contributed by atoms with van der Waals surface area (Å²) in [5.41, 5.74) is 10.5. The Labute approximate surface area is 180 Å². The molecule has 2 aliphatic carbocycles. The molecule has 0 aliphatic heterocycles. The summed E-state index contributed by atoms with van der Waals surface area (Å²) in [7, 11) is 2.12. The number of aryl methyl sites for hydroxylation is 1. The molecule has 1 fully saturated rings. The van der Waals surface area contributed by atoms with E-state index >= 15 is 0 Å². The van der Waals surface area contributed by atoms with Crippen LogP contribution in [0.5, 0.6) is 0 Å². The lowest BCUT2D eigenvalue weighted by atomic mass is 9.86. The van der Waals surface area contributed by atoms with E-state index in [9.17, 15) is 0 Å². The van der Waals surface area contributed by atoms with Crippen LogP contribution in [0.1, 0.15) is 54.9 Å². The van der Waals surface area contributed by atoms with Gasteiger partial charge in [-0.2, -0.15) is 4.57 Å². The molecule has 2 atom stereocenters. The minimum absolute atomic E-state index is 0.622. The first-order valence-corrected chi connectivity index (χ1v) is 11.2. The molecule has 1 heteroatoms. The smallest absolute Gasteiger partial charge is 0.198 e. The van der Waals surface area contributed by atoms with Crippen LogP contribution in [0.25, 0.3) is 33.2 Å². The molecule has 4 aromatic rings. The zero-order chi connectivity index (χ0) is 21.3. The van der Waals surface area contributed by atoms with Crippen molar-refractivity contribution in [2.45, 2.75) is 44.9 Å². The van der Waals surface area contributed by atoms with Crippen molar-refractivity contribution >= 4 is 10.8 Å². The third-order valence-electron chi connectivity index (χ3n) is 7.53. The van der Waals surface area contributed by atoms with Crippen molar-refractivity contribution in [2.24, 2.45) is 7.05 Å². The van der Waals surface area contributed by atoms with Crippen LogP contribution in [0.2, 0.25) is 0 Å². The molecule has 0 spiro atoms. The zero-order valence-electron chi connectivity index (χ0n) is 19.0. The third kappa shape index (κ3) is 2.58. The molecule has 3 aromatic carbocycles. The van der Waals surface area contributed by atoms with Gasteiger partial charge in [-0.25, -0.2) is 0 Å². The minimum Gasteiger partial charge on any atom is -0.198 e. The van der Waals surface area contributed by atoms with E-state index < -0.39 is 0 Å². The topological polar surface area (TPSA) is 3.88 Å². The van der Waals surface area contributed by atoms with Gasteiger partial charge in [-0.1, -0.05) is 42.5 Å². The standard InChI is InChI=1S/C29H28N/c1-18-13-27-22-9-10-23(16-22)28(27)17-26(18)29-25-12-11-21(20-7-5-4-6-8-20)15-24(25)14-19(2)30(29)3/h4-8,11-15,17,22-23H,9-10,16H2,1-3H3/q+1/i14D. The Morgan fingerprint density at radius 1 is 0.867 bits per heavy atom. The number of pyridine rings is 1. The number of nitrogens with zero attached hydrogens (tertiary/aromatic N) is 1. The van der Waals surface area contributed by atoms with Crippen molar-refractivity contribution < 1.29 is 5.94 Å².